The zero-order valence-corrected chi connectivity index (χ0v) is 10.7. The highest BCUT2D eigenvalue weighted by atomic mass is 32.2. The maximum atomic E-state index is 5.55. The lowest BCUT2D eigenvalue weighted by Crippen LogP contribution is -2.28. The Morgan fingerprint density at radius 1 is 1.38 bits per heavy atom. The number of hydrogen-bond acceptors (Lipinski definition) is 4. The van der Waals surface area contributed by atoms with Gasteiger partial charge in [-0.3, -0.25) is 11.3 Å². The smallest absolute Gasteiger partial charge is 0.119 e. The summed E-state index contributed by atoms with van der Waals surface area (Å²) >= 11 is 1.83. The molecule has 1 unspecified atom stereocenters. The number of nitrogens with two attached hydrogens (primary N) is 1. The van der Waals surface area contributed by atoms with Crippen molar-refractivity contribution in [1.82, 2.24) is 5.43 Å². The van der Waals surface area contributed by atoms with Crippen LogP contribution in [0.1, 0.15) is 24.9 Å². The maximum Gasteiger partial charge on any atom is 0.119 e. The second-order valence-corrected chi connectivity index (χ2v) is 4.49. The van der Waals surface area contributed by atoms with Crippen LogP contribution in [-0.4, -0.2) is 18.6 Å². The summed E-state index contributed by atoms with van der Waals surface area (Å²) in [5.74, 6) is 7.56. The molecule has 0 radical (unpaired) electrons. The Morgan fingerprint density at radius 2 is 2.06 bits per heavy atom. The van der Waals surface area contributed by atoms with E-state index >= 15 is 0 Å². The van der Waals surface area contributed by atoms with Crippen LogP contribution in [0.5, 0.6) is 5.75 Å². The van der Waals surface area contributed by atoms with Crippen LogP contribution >= 0.6 is 11.8 Å². The summed E-state index contributed by atoms with van der Waals surface area (Å²) in [6.45, 7) is 2.68. The summed E-state index contributed by atoms with van der Waals surface area (Å²) < 4.78 is 5.40. The zero-order chi connectivity index (χ0) is 11.8. The Bertz CT molecular complexity index is 290. The topological polar surface area (TPSA) is 47.3 Å². The van der Waals surface area contributed by atoms with E-state index < -0.39 is 0 Å². The molecule has 1 aromatic carbocycles. The number of nitrogens with one attached hydrogen (secondary N) is 1. The van der Waals surface area contributed by atoms with Gasteiger partial charge in [0.2, 0.25) is 0 Å². The number of ether oxygens (including phenoxy) is 1. The first-order valence-corrected chi connectivity index (χ1v) is 6.89. The van der Waals surface area contributed by atoms with Crippen molar-refractivity contribution >= 4 is 11.8 Å². The van der Waals surface area contributed by atoms with E-state index in [2.05, 4.69) is 23.8 Å². The van der Waals surface area contributed by atoms with Crippen LogP contribution in [0.25, 0.3) is 0 Å². The van der Waals surface area contributed by atoms with E-state index in [4.69, 9.17) is 10.6 Å². The molecule has 1 rings (SSSR count). The predicted octanol–water partition coefficient (Wildman–Crippen LogP) is 2.34. The van der Waals surface area contributed by atoms with Gasteiger partial charge < -0.3 is 4.74 Å². The molecule has 0 heterocycles. The molecule has 0 fully saturated rings. The molecule has 4 heteroatoms. The first kappa shape index (κ1) is 13.4. The Balaban J connectivity index is 2.62. The van der Waals surface area contributed by atoms with Gasteiger partial charge >= 0.3 is 0 Å². The molecule has 1 atom stereocenters. The van der Waals surface area contributed by atoms with Gasteiger partial charge in [-0.25, -0.2) is 0 Å². The minimum atomic E-state index is 0.225. The molecule has 0 aliphatic rings. The average Bonchev–Trinajstić information content (AvgIpc) is 2.32. The molecule has 3 nitrogen and oxygen atoms in total. The molecule has 0 aliphatic carbocycles. The summed E-state index contributed by atoms with van der Waals surface area (Å²) in [7, 11) is 0. The van der Waals surface area contributed by atoms with E-state index in [9.17, 15) is 0 Å². The lowest BCUT2D eigenvalue weighted by Gasteiger charge is -2.16. The standard InChI is InChI=1S/C12H20N2OS/c1-3-15-11-6-4-10(5-7-11)12(14-13)8-9-16-2/h4-7,12,14H,3,8-9,13H2,1-2H3. The second-order valence-electron chi connectivity index (χ2n) is 3.50. The van der Waals surface area contributed by atoms with E-state index in [-0.39, 0.29) is 6.04 Å². The molecule has 3 N–H and O–H groups in total. The molecule has 0 aromatic heterocycles. The Kier molecular flexibility index (Phi) is 6.30. The molecule has 0 saturated carbocycles. The van der Waals surface area contributed by atoms with Crippen LogP contribution < -0.4 is 16.0 Å². The average molecular weight is 240 g/mol. The molecule has 0 amide bonds. The molecular formula is C12H20N2OS. The number of rotatable bonds is 7. The van der Waals surface area contributed by atoms with Crippen LogP contribution in [0, 0.1) is 0 Å². The van der Waals surface area contributed by atoms with Crippen molar-refractivity contribution in [3.63, 3.8) is 0 Å². The molecule has 0 aliphatic heterocycles. The number of hydrogen-bond donors (Lipinski definition) is 2. The number of hydrazine groups is 1. The molecule has 1 aromatic rings. The third kappa shape index (κ3) is 4.04. The van der Waals surface area contributed by atoms with Crippen LogP contribution in [0.4, 0.5) is 0 Å². The normalized spacial score (nSPS) is 12.4. The van der Waals surface area contributed by atoms with Crippen LogP contribution in [0.15, 0.2) is 24.3 Å². The van der Waals surface area contributed by atoms with E-state index in [1.165, 1.54) is 5.56 Å². The molecule has 90 valence electrons. The second kappa shape index (κ2) is 7.54. The van der Waals surface area contributed by atoms with Gasteiger partial charge in [-0.05, 0) is 43.0 Å². The van der Waals surface area contributed by atoms with E-state index in [0.717, 1.165) is 17.9 Å². The predicted molar refractivity (Wildman–Crippen MR) is 70.7 cm³/mol. The van der Waals surface area contributed by atoms with E-state index in [1.54, 1.807) is 0 Å². The van der Waals surface area contributed by atoms with Crippen molar-refractivity contribution in [2.75, 3.05) is 18.6 Å². The van der Waals surface area contributed by atoms with Gasteiger partial charge in [-0.2, -0.15) is 11.8 Å². The fourth-order valence-electron chi connectivity index (χ4n) is 1.54. The summed E-state index contributed by atoms with van der Waals surface area (Å²) in [5, 5.41) is 0. The van der Waals surface area contributed by atoms with E-state index in [1.807, 2.05) is 30.8 Å². The van der Waals surface area contributed by atoms with Gasteiger partial charge in [0.1, 0.15) is 5.75 Å². The van der Waals surface area contributed by atoms with Crippen molar-refractivity contribution in [2.24, 2.45) is 5.84 Å². The Labute approximate surface area is 102 Å². The minimum absolute atomic E-state index is 0.225. The molecular weight excluding hydrogens is 220 g/mol. The highest BCUT2D eigenvalue weighted by Crippen LogP contribution is 2.20. The fraction of sp³-hybridized carbons (Fsp3) is 0.500. The van der Waals surface area contributed by atoms with Crippen LogP contribution in [0.2, 0.25) is 0 Å². The molecule has 0 spiro atoms. The van der Waals surface area contributed by atoms with Gasteiger partial charge in [0, 0.05) is 6.04 Å². The highest BCUT2D eigenvalue weighted by molar-refractivity contribution is 7.98. The summed E-state index contributed by atoms with van der Waals surface area (Å²) in [4.78, 5) is 0. The van der Waals surface area contributed by atoms with Crippen molar-refractivity contribution in [3.8, 4) is 5.75 Å². The quantitative estimate of drug-likeness (QED) is 0.567. The van der Waals surface area contributed by atoms with Gasteiger partial charge in [-0.1, -0.05) is 12.1 Å². The maximum absolute atomic E-state index is 5.55. The first-order chi connectivity index (χ1) is 7.81. The van der Waals surface area contributed by atoms with Crippen molar-refractivity contribution in [3.05, 3.63) is 29.8 Å². The zero-order valence-electron chi connectivity index (χ0n) is 9.90. The number of benzene rings is 1. The van der Waals surface area contributed by atoms with Crippen LogP contribution in [-0.2, 0) is 0 Å². The van der Waals surface area contributed by atoms with Crippen molar-refractivity contribution in [2.45, 2.75) is 19.4 Å². The Morgan fingerprint density at radius 3 is 2.56 bits per heavy atom. The molecule has 0 saturated heterocycles. The number of thioether (sulfide) groups is 1. The van der Waals surface area contributed by atoms with Crippen molar-refractivity contribution < 1.29 is 4.74 Å². The molecule has 16 heavy (non-hydrogen) atoms. The fourth-order valence-corrected chi connectivity index (χ4v) is 2.02. The lowest BCUT2D eigenvalue weighted by molar-refractivity contribution is 0.340. The summed E-state index contributed by atoms with van der Waals surface area (Å²) in [6.07, 6.45) is 3.14. The van der Waals surface area contributed by atoms with Gasteiger partial charge in [0.25, 0.3) is 0 Å². The van der Waals surface area contributed by atoms with Gasteiger partial charge in [0.05, 0.1) is 6.61 Å². The highest BCUT2D eigenvalue weighted by Gasteiger charge is 2.08. The SMILES string of the molecule is CCOc1ccc(C(CCSC)NN)cc1. The lowest BCUT2D eigenvalue weighted by atomic mass is 10.1. The first-order valence-electron chi connectivity index (χ1n) is 5.49. The van der Waals surface area contributed by atoms with E-state index in [0.29, 0.717) is 6.61 Å². The third-order valence-electron chi connectivity index (χ3n) is 2.41. The van der Waals surface area contributed by atoms with Crippen LogP contribution in [0.3, 0.4) is 0 Å². The summed E-state index contributed by atoms with van der Waals surface area (Å²) in [6, 6.07) is 8.33. The minimum Gasteiger partial charge on any atom is -0.494 e. The van der Waals surface area contributed by atoms with Gasteiger partial charge in [-0.15, -0.1) is 0 Å². The summed E-state index contributed by atoms with van der Waals surface area (Å²) in [5.41, 5.74) is 4.06. The molecule has 0 bridgehead atoms. The monoisotopic (exact) mass is 240 g/mol. The Hall–Kier alpha value is -0.710. The third-order valence-corrected chi connectivity index (χ3v) is 3.05. The largest absolute Gasteiger partial charge is 0.494 e. The van der Waals surface area contributed by atoms with Crippen molar-refractivity contribution in [1.29, 1.82) is 0 Å². The van der Waals surface area contributed by atoms with Gasteiger partial charge in [0.15, 0.2) is 0 Å².